The van der Waals surface area contributed by atoms with E-state index in [4.69, 9.17) is 14.2 Å². The first-order chi connectivity index (χ1) is 35.5. The van der Waals surface area contributed by atoms with Gasteiger partial charge in [0.15, 0.2) is 6.10 Å². The van der Waals surface area contributed by atoms with E-state index in [2.05, 4.69) is 179 Å². The molecule has 0 saturated carbocycles. The summed E-state index contributed by atoms with van der Waals surface area (Å²) in [5.41, 5.74) is 0. The smallest absolute Gasteiger partial charge is 0.306 e. The fourth-order valence-corrected chi connectivity index (χ4v) is 7.04. The number of hydrogen-bond acceptors (Lipinski definition) is 6. The lowest BCUT2D eigenvalue weighted by atomic mass is 10.1. The fraction of sp³-hybridized carbons (Fsp3) is 0.561. The Balaban J connectivity index is 4.58. The number of rotatable bonds is 49. The normalized spacial score (nSPS) is 13.3. The molecule has 6 heteroatoms. The van der Waals surface area contributed by atoms with Gasteiger partial charge in [0.2, 0.25) is 0 Å². The maximum absolute atomic E-state index is 12.8. The number of carbonyl (C=O) groups is 3. The average molecular weight is 992 g/mol. The number of carbonyl (C=O) groups excluding carboxylic acids is 3. The molecule has 0 rings (SSSR count). The van der Waals surface area contributed by atoms with Gasteiger partial charge in [-0.3, -0.25) is 14.4 Å². The third-order valence-corrected chi connectivity index (χ3v) is 11.2. The average Bonchev–Trinajstić information content (AvgIpc) is 3.38. The lowest BCUT2D eigenvalue weighted by Gasteiger charge is -2.18. The van der Waals surface area contributed by atoms with Gasteiger partial charge in [0, 0.05) is 19.3 Å². The maximum Gasteiger partial charge on any atom is 0.306 e. The molecule has 0 aliphatic carbocycles. The van der Waals surface area contributed by atoms with Crippen LogP contribution in [0.1, 0.15) is 220 Å². The first-order valence-electron chi connectivity index (χ1n) is 28.5. The highest BCUT2D eigenvalue weighted by molar-refractivity contribution is 5.71. The maximum atomic E-state index is 12.8. The van der Waals surface area contributed by atoms with Crippen LogP contribution in [-0.4, -0.2) is 37.2 Å². The van der Waals surface area contributed by atoms with E-state index in [-0.39, 0.29) is 50.4 Å². The van der Waals surface area contributed by atoms with Gasteiger partial charge >= 0.3 is 17.9 Å². The molecular formula is C66H102O6. The SMILES string of the molecule is CC/C=C\C/C=C\C/C=C\C/C=C\C/C=C\C/C=C\C/C=C\CCCC(=O)OCC(COC(=O)CCCC/C=C\C/C=C\C/C=C\C/C=C\CC)OC(=O)CCCCCCC/C=C\C/C=C\CCCCCC. The zero-order valence-corrected chi connectivity index (χ0v) is 45.9. The molecule has 0 aromatic heterocycles. The summed E-state index contributed by atoms with van der Waals surface area (Å²) in [6, 6.07) is 0. The molecule has 1 unspecified atom stereocenters. The predicted octanol–water partition coefficient (Wildman–Crippen LogP) is 19.4. The van der Waals surface area contributed by atoms with Crippen molar-refractivity contribution < 1.29 is 28.6 Å². The Morgan fingerprint density at radius 2 is 0.556 bits per heavy atom. The van der Waals surface area contributed by atoms with Crippen molar-refractivity contribution in [3.63, 3.8) is 0 Å². The Morgan fingerprint density at radius 1 is 0.292 bits per heavy atom. The van der Waals surface area contributed by atoms with Gasteiger partial charge in [-0.1, -0.05) is 217 Å². The Labute approximate surface area is 441 Å². The molecule has 0 aromatic carbocycles. The molecule has 0 aromatic rings. The van der Waals surface area contributed by atoms with Crippen molar-refractivity contribution in [2.75, 3.05) is 13.2 Å². The molecule has 0 aliphatic heterocycles. The lowest BCUT2D eigenvalue weighted by molar-refractivity contribution is -0.167. The molecule has 1 atom stereocenters. The van der Waals surface area contributed by atoms with Crippen LogP contribution in [-0.2, 0) is 28.6 Å². The van der Waals surface area contributed by atoms with Crippen LogP contribution in [0.5, 0.6) is 0 Å². The highest BCUT2D eigenvalue weighted by Gasteiger charge is 2.19. The van der Waals surface area contributed by atoms with Crippen LogP contribution < -0.4 is 0 Å². The van der Waals surface area contributed by atoms with Crippen LogP contribution in [0, 0.1) is 0 Å². The van der Waals surface area contributed by atoms with Crippen LogP contribution in [0.25, 0.3) is 0 Å². The van der Waals surface area contributed by atoms with Crippen LogP contribution >= 0.6 is 0 Å². The zero-order chi connectivity index (χ0) is 52.2. The second-order valence-corrected chi connectivity index (χ2v) is 18.1. The van der Waals surface area contributed by atoms with Gasteiger partial charge in [-0.15, -0.1) is 0 Å². The number of allylic oxidation sites excluding steroid dienone is 26. The van der Waals surface area contributed by atoms with E-state index in [1.54, 1.807) is 0 Å². The van der Waals surface area contributed by atoms with Crippen molar-refractivity contribution in [3.8, 4) is 0 Å². The Hall–Kier alpha value is -4.97. The van der Waals surface area contributed by atoms with Crippen molar-refractivity contribution in [2.45, 2.75) is 226 Å². The topological polar surface area (TPSA) is 78.9 Å². The van der Waals surface area contributed by atoms with Crippen molar-refractivity contribution in [2.24, 2.45) is 0 Å². The second kappa shape index (κ2) is 58.6. The molecule has 0 fully saturated rings. The predicted molar refractivity (Wildman–Crippen MR) is 311 cm³/mol. The van der Waals surface area contributed by atoms with Gasteiger partial charge in [0.1, 0.15) is 13.2 Å². The third kappa shape index (κ3) is 56.0. The minimum atomic E-state index is -0.834. The summed E-state index contributed by atoms with van der Waals surface area (Å²) in [4.78, 5) is 38.1. The van der Waals surface area contributed by atoms with Crippen molar-refractivity contribution in [3.05, 3.63) is 158 Å². The lowest BCUT2D eigenvalue weighted by Crippen LogP contribution is -2.30. The molecule has 402 valence electrons. The molecule has 0 radical (unpaired) electrons. The summed E-state index contributed by atoms with van der Waals surface area (Å²) in [6.07, 6.45) is 85.2. The minimum absolute atomic E-state index is 0.131. The molecule has 0 amide bonds. The minimum Gasteiger partial charge on any atom is -0.462 e. The highest BCUT2D eigenvalue weighted by atomic mass is 16.6. The summed E-state index contributed by atoms with van der Waals surface area (Å²) >= 11 is 0. The number of unbranched alkanes of at least 4 members (excludes halogenated alkanes) is 12. The van der Waals surface area contributed by atoms with E-state index in [1.165, 1.54) is 32.1 Å². The van der Waals surface area contributed by atoms with Gasteiger partial charge in [-0.2, -0.15) is 0 Å². The van der Waals surface area contributed by atoms with Crippen LogP contribution in [0.3, 0.4) is 0 Å². The highest BCUT2D eigenvalue weighted by Crippen LogP contribution is 2.12. The van der Waals surface area contributed by atoms with E-state index in [0.717, 1.165) is 135 Å². The summed E-state index contributed by atoms with van der Waals surface area (Å²) < 4.78 is 16.8. The molecule has 6 nitrogen and oxygen atoms in total. The molecule has 0 heterocycles. The molecular weight excluding hydrogens is 889 g/mol. The van der Waals surface area contributed by atoms with E-state index < -0.39 is 6.10 Å². The fourth-order valence-electron chi connectivity index (χ4n) is 7.04. The van der Waals surface area contributed by atoms with E-state index in [9.17, 15) is 14.4 Å². The molecule has 0 spiro atoms. The largest absolute Gasteiger partial charge is 0.462 e. The Bertz CT molecular complexity index is 1660. The van der Waals surface area contributed by atoms with Crippen molar-refractivity contribution in [1.82, 2.24) is 0 Å². The zero-order valence-electron chi connectivity index (χ0n) is 45.9. The number of ether oxygens (including phenoxy) is 3. The van der Waals surface area contributed by atoms with Crippen molar-refractivity contribution in [1.29, 1.82) is 0 Å². The van der Waals surface area contributed by atoms with Gasteiger partial charge in [-0.05, 0) is 141 Å². The Morgan fingerprint density at radius 3 is 0.931 bits per heavy atom. The summed E-state index contributed by atoms with van der Waals surface area (Å²) in [6.45, 7) is 6.28. The van der Waals surface area contributed by atoms with Crippen LogP contribution in [0.2, 0.25) is 0 Å². The first kappa shape index (κ1) is 67.0. The standard InChI is InChI=1S/C66H102O6/c1-4-7-10-13-16-19-22-25-28-30-31-32-33-34-35-36-39-41-44-47-50-53-56-59-65(68)71-62-63(61-70-64(67)58-55-52-49-46-43-40-37-27-24-21-18-15-12-9-6-3)72-66(69)60-57-54-51-48-45-42-38-29-26-23-20-17-14-11-8-5-2/h7,9-10,12,16,18-21,23,25,27-29,31-32,34-35,37-39,41,43,46-47,50,63H,4-6,8,11,13-15,17,22,24,26,30,33,36,40,42,44-45,48-49,51-62H2,1-3H3/b10-7-,12-9-,19-16-,21-18-,23-20-,28-25-,32-31-,35-34-,37-27-,38-29-,41-39-,46-43-,50-47-. The molecule has 0 saturated heterocycles. The van der Waals surface area contributed by atoms with E-state index in [1.807, 2.05) is 0 Å². The van der Waals surface area contributed by atoms with Crippen molar-refractivity contribution >= 4 is 17.9 Å². The number of hydrogen-bond donors (Lipinski definition) is 0. The molecule has 0 N–H and O–H groups in total. The van der Waals surface area contributed by atoms with Crippen LogP contribution in [0.4, 0.5) is 0 Å². The van der Waals surface area contributed by atoms with Gasteiger partial charge in [-0.25, -0.2) is 0 Å². The molecule has 0 bridgehead atoms. The van der Waals surface area contributed by atoms with Gasteiger partial charge in [0.25, 0.3) is 0 Å². The molecule has 72 heavy (non-hydrogen) atoms. The first-order valence-corrected chi connectivity index (χ1v) is 28.5. The van der Waals surface area contributed by atoms with Crippen LogP contribution in [0.15, 0.2) is 158 Å². The van der Waals surface area contributed by atoms with E-state index in [0.29, 0.717) is 12.8 Å². The summed E-state index contributed by atoms with van der Waals surface area (Å²) in [5, 5.41) is 0. The summed E-state index contributed by atoms with van der Waals surface area (Å²) in [7, 11) is 0. The monoisotopic (exact) mass is 991 g/mol. The quantitative estimate of drug-likeness (QED) is 0.0262. The number of esters is 3. The second-order valence-electron chi connectivity index (χ2n) is 18.1. The third-order valence-electron chi connectivity index (χ3n) is 11.2. The summed E-state index contributed by atoms with van der Waals surface area (Å²) in [5.74, 6) is -1.05. The Kier molecular flexibility index (Phi) is 54.6. The van der Waals surface area contributed by atoms with Gasteiger partial charge in [0.05, 0.1) is 0 Å². The van der Waals surface area contributed by atoms with E-state index >= 15 is 0 Å². The molecule has 0 aliphatic rings. The van der Waals surface area contributed by atoms with Gasteiger partial charge < -0.3 is 14.2 Å².